The predicted molar refractivity (Wildman–Crippen MR) is 123 cm³/mol. The van der Waals surface area contributed by atoms with Crippen molar-refractivity contribution in [1.82, 2.24) is 4.98 Å². The van der Waals surface area contributed by atoms with Crippen molar-refractivity contribution in [3.8, 4) is 11.6 Å². The van der Waals surface area contributed by atoms with Crippen LogP contribution in [0.1, 0.15) is 27.2 Å². The van der Waals surface area contributed by atoms with E-state index < -0.39 is 0 Å². The van der Waals surface area contributed by atoms with Gasteiger partial charge < -0.3 is 19.4 Å². The van der Waals surface area contributed by atoms with Crippen LogP contribution >= 0.6 is 0 Å². The number of pyridine rings is 1. The molecule has 3 heterocycles. The highest BCUT2D eigenvalue weighted by molar-refractivity contribution is 6.04. The number of carbonyl (C=O) groups is 2. The summed E-state index contributed by atoms with van der Waals surface area (Å²) in [6.45, 7) is 2.23. The molecule has 2 amide bonds. The largest absolute Gasteiger partial charge is 0.459 e. The molecule has 2 aromatic heterocycles. The SMILES string of the molecule is Cc1ccc(Oc2ccc(NC(=O)c3occc3CN3C(=O)Cc4ccccc43)cc2)nc1. The second kappa shape index (κ2) is 8.63. The number of fused-ring (bicyclic) bond motifs is 1. The predicted octanol–water partition coefficient (Wildman–Crippen LogP) is 5.12. The van der Waals surface area contributed by atoms with E-state index in [1.54, 1.807) is 47.5 Å². The van der Waals surface area contributed by atoms with E-state index >= 15 is 0 Å². The summed E-state index contributed by atoms with van der Waals surface area (Å²) in [6, 6.07) is 20.1. The molecule has 7 nitrogen and oxygen atoms in total. The van der Waals surface area contributed by atoms with E-state index in [4.69, 9.17) is 9.15 Å². The number of nitrogens with zero attached hydrogens (tertiary/aromatic N) is 2. The average molecular weight is 439 g/mol. The first-order chi connectivity index (χ1) is 16.1. The topological polar surface area (TPSA) is 84.7 Å². The molecule has 4 aromatic rings. The van der Waals surface area contributed by atoms with Crippen molar-refractivity contribution in [3.05, 3.63) is 102 Å². The van der Waals surface area contributed by atoms with Gasteiger partial charge in [0.25, 0.3) is 5.91 Å². The summed E-state index contributed by atoms with van der Waals surface area (Å²) in [6.07, 6.45) is 3.56. The van der Waals surface area contributed by atoms with Crippen LogP contribution in [0.2, 0.25) is 0 Å². The summed E-state index contributed by atoms with van der Waals surface area (Å²) < 4.78 is 11.2. The number of para-hydroxylation sites is 1. The van der Waals surface area contributed by atoms with Gasteiger partial charge in [0.2, 0.25) is 11.8 Å². The number of rotatable bonds is 6. The molecule has 0 unspecified atom stereocenters. The van der Waals surface area contributed by atoms with Gasteiger partial charge >= 0.3 is 0 Å². The minimum atomic E-state index is -0.385. The Bertz CT molecular complexity index is 1310. The summed E-state index contributed by atoms with van der Waals surface area (Å²) in [5, 5.41) is 2.83. The molecular weight excluding hydrogens is 418 g/mol. The Morgan fingerprint density at radius 3 is 2.70 bits per heavy atom. The number of ether oxygens (including phenoxy) is 1. The van der Waals surface area contributed by atoms with Crippen molar-refractivity contribution in [3.63, 3.8) is 0 Å². The third-order valence-electron chi connectivity index (χ3n) is 5.43. The highest BCUT2D eigenvalue weighted by Gasteiger charge is 2.28. The molecule has 1 N–H and O–H groups in total. The average Bonchev–Trinajstić information content (AvgIpc) is 3.41. The number of nitrogens with one attached hydrogen (secondary N) is 1. The van der Waals surface area contributed by atoms with Crippen LogP contribution in [0, 0.1) is 6.92 Å². The van der Waals surface area contributed by atoms with Gasteiger partial charge in [-0.25, -0.2) is 4.98 Å². The second-order valence-corrected chi connectivity index (χ2v) is 7.81. The van der Waals surface area contributed by atoms with E-state index in [9.17, 15) is 9.59 Å². The number of aromatic nitrogens is 1. The number of amides is 2. The second-order valence-electron chi connectivity index (χ2n) is 7.81. The van der Waals surface area contributed by atoms with Crippen molar-refractivity contribution in [2.75, 3.05) is 10.2 Å². The molecule has 1 aliphatic heterocycles. The molecule has 0 saturated heterocycles. The maximum atomic E-state index is 12.9. The Kier molecular flexibility index (Phi) is 5.36. The quantitative estimate of drug-likeness (QED) is 0.451. The number of carbonyl (C=O) groups excluding carboxylic acids is 2. The summed E-state index contributed by atoms with van der Waals surface area (Å²) in [7, 11) is 0. The smallest absolute Gasteiger partial charge is 0.291 e. The van der Waals surface area contributed by atoms with Crippen LogP contribution in [0.15, 0.2) is 83.6 Å². The number of benzene rings is 2. The molecule has 33 heavy (non-hydrogen) atoms. The normalized spacial score (nSPS) is 12.5. The first-order valence-electron chi connectivity index (χ1n) is 10.5. The zero-order valence-electron chi connectivity index (χ0n) is 17.9. The monoisotopic (exact) mass is 439 g/mol. The highest BCUT2D eigenvalue weighted by Crippen LogP contribution is 2.31. The Morgan fingerprint density at radius 1 is 1.09 bits per heavy atom. The summed E-state index contributed by atoms with van der Waals surface area (Å²) in [5.41, 5.74) is 4.14. The molecule has 2 aromatic carbocycles. The van der Waals surface area contributed by atoms with E-state index in [1.165, 1.54) is 6.26 Å². The maximum Gasteiger partial charge on any atom is 0.291 e. The lowest BCUT2D eigenvalue weighted by atomic mass is 10.1. The molecule has 0 atom stereocenters. The van der Waals surface area contributed by atoms with Crippen LogP contribution in [0.4, 0.5) is 11.4 Å². The fourth-order valence-electron chi connectivity index (χ4n) is 3.75. The van der Waals surface area contributed by atoms with Crippen molar-refractivity contribution in [2.24, 2.45) is 0 Å². The molecule has 0 radical (unpaired) electrons. The minimum absolute atomic E-state index is 0.00223. The van der Waals surface area contributed by atoms with E-state index in [0.29, 0.717) is 29.3 Å². The van der Waals surface area contributed by atoms with Crippen LogP contribution in [0.5, 0.6) is 11.6 Å². The van der Waals surface area contributed by atoms with Crippen LogP contribution in [-0.2, 0) is 17.8 Å². The highest BCUT2D eigenvalue weighted by atomic mass is 16.5. The number of hydrogen-bond donors (Lipinski definition) is 1. The first-order valence-corrected chi connectivity index (χ1v) is 10.5. The number of anilines is 2. The van der Waals surface area contributed by atoms with E-state index in [2.05, 4.69) is 10.3 Å². The molecule has 0 bridgehead atoms. The van der Waals surface area contributed by atoms with Crippen LogP contribution < -0.4 is 15.0 Å². The standard InChI is InChI=1S/C26H21N3O4/c1-17-6-11-23(27-15-17)33-21-9-7-20(8-10-21)28-26(31)25-19(12-13-32-25)16-29-22-5-3-2-4-18(22)14-24(29)30/h2-13,15H,14,16H2,1H3,(H,28,31). The van der Waals surface area contributed by atoms with Gasteiger partial charge in [0.15, 0.2) is 5.76 Å². The number of hydrogen-bond acceptors (Lipinski definition) is 5. The van der Waals surface area contributed by atoms with Gasteiger partial charge in [-0.15, -0.1) is 0 Å². The van der Waals surface area contributed by atoms with Crippen LogP contribution in [-0.4, -0.2) is 16.8 Å². The fraction of sp³-hybridized carbons (Fsp3) is 0.115. The zero-order chi connectivity index (χ0) is 22.8. The van der Waals surface area contributed by atoms with Crippen molar-refractivity contribution in [2.45, 2.75) is 19.9 Å². The van der Waals surface area contributed by atoms with E-state index in [1.807, 2.05) is 37.3 Å². The van der Waals surface area contributed by atoms with Gasteiger partial charge in [-0.2, -0.15) is 0 Å². The van der Waals surface area contributed by atoms with Gasteiger partial charge in [-0.05, 0) is 54.4 Å². The number of furan rings is 1. The summed E-state index contributed by atoms with van der Waals surface area (Å²) in [4.78, 5) is 31.2. The van der Waals surface area contributed by atoms with Crippen molar-refractivity contribution >= 4 is 23.2 Å². The van der Waals surface area contributed by atoms with Crippen LogP contribution in [0.25, 0.3) is 0 Å². The summed E-state index contributed by atoms with van der Waals surface area (Å²) in [5.74, 6) is 0.896. The Morgan fingerprint density at radius 2 is 1.91 bits per heavy atom. The van der Waals surface area contributed by atoms with E-state index in [0.717, 1.165) is 16.8 Å². The van der Waals surface area contributed by atoms with E-state index in [-0.39, 0.29) is 24.1 Å². The Hall–Kier alpha value is -4.39. The van der Waals surface area contributed by atoms with Crippen molar-refractivity contribution < 1.29 is 18.7 Å². The van der Waals surface area contributed by atoms with Gasteiger partial charge in [0.05, 0.1) is 19.2 Å². The number of aryl methyl sites for hydroxylation is 1. The summed E-state index contributed by atoms with van der Waals surface area (Å²) >= 11 is 0. The molecule has 0 spiro atoms. The van der Waals surface area contributed by atoms with Gasteiger partial charge in [-0.3, -0.25) is 9.59 Å². The van der Waals surface area contributed by atoms with Crippen LogP contribution in [0.3, 0.4) is 0 Å². The maximum absolute atomic E-state index is 12.9. The van der Waals surface area contributed by atoms with Gasteiger partial charge in [0, 0.05) is 29.2 Å². The third-order valence-corrected chi connectivity index (χ3v) is 5.43. The van der Waals surface area contributed by atoms with Crippen molar-refractivity contribution in [1.29, 1.82) is 0 Å². The molecule has 0 saturated carbocycles. The molecule has 0 aliphatic carbocycles. The molecule has 164 valence electrons. The Labute approximate surface area is 190 Å². The first kappa shape index (κ1) is 20.5. The molecular formula is C26H21N3O4. The molecule has 7 heteroatoms. The lowest BCUT2D eigenvalue weighted by molar-refractivity contribution is -0.117. The fourth-order valence-corrected chi connectivity index (χ4v) is 3.75. The molecule has 1 aliphatic rings. The Balaban J connectivity index is 1.26. The van der Waals surface area contributed by atoms with Gasteiger partial charge in [-0.1, -0.05) is 24.3 Å². The lowest BCUT2D eigenvalue weighted by Gasteiger charge is -2.17. The van der Waals surface area contributed by atoms with Gasteiger partial charge in [0.1, 0.15) is 5.75 Å². The molecule has 0 fully saturated rings. The third kappa shape index (κ3) is 4.34. The minimum Gasteiger partial charge on any atom is -0.459 e. The zero-order valence-corrected chi connectivity index (χ0v) is 17.9. The molecule has 5 rings (SSSR count). The lowest BCUT2D eigenvalue weighted by Crippen LogP contribution is -2.27.